The fraction of sp³-hybridized carbons (Fsp3) is 0.111. The predicted octanol–water partition coefficient (Wildman–Crippen LogP) is 3.77. The van der Waals surface area contributed by atoms with Crippen molar-refractivity contribution in [3.05, 3.63) is 58.6 Å². The van der Waals surface area contributed by atoms with E-state index < -0.39 is 6.04 Å². The Balaban J connectivity index is 1.53. The van der Waals surface area contributed by atoms with Crippen LogP contribution in [0.25, 0.3) is 11.4 Å². The lowest BCUT2D eigenvalue weighted by Gasteiger charge is -2.11. The number of hydrogen-bond donors (Lipinski definition) is 2. The molecule has 9 heteroatoms. The Morgan fingerprint density at radius 1 is 1.19 bits per heavy atom. The molecular weight excluding hydrogens is 389 g/mol. The first kappa shape index (κ1) is 17.5. The summed E-state index contributed by atoms with van der Waals surface area (Å²) in [6.45, 7) is 0. The van der Waals surface area contributed by atoms with Gasteiger partial charge in [-0.05, 0) is 18.2 Å². The highest BCUT2D eigenvalue weighted by Gasteiger charge is 2.35. The van der Waals surface area contributed by atoms with Crippen LogP contribution in [0.15, 0.2) is 48.5 Å². The molecule has 1 aromatic heterocycles. The van der Waals surface area contributed by atoms with E-state index in [0.29, 0.717) is 27.5 Å². The van der Waals surface area contributed by atoms with Gasteiger partial charge in [-0.25, -0.2) is 4.68 Å². The second-order valence-corrected chi connectivity index (χ2v) is 6.79. The lowest BCUT2D eigenvalue weighted by molar-refractivity contribution is -0.123. The fourth-order valence-electron chi connectivity index (χ4n) is 2.79. The summed E-state index contributed by atoms with van der Waals surface area (Å²) < 4.78 is 1.43. The second kappa shape index (κ2) is 7.02. The van der Waals surface area contributed by atoms with Gasteiger partial charge in [0, 0.05) is 10.6 Å². The van der Waals surface area contributed by atoms with Crippen molar-refractivity contribution >= 4 is 46.7 Å². The molecule has 7 nitrogen and oxygen atoms in total. The van der Waals surface area contributed by atoms with Crippen LogP contribution in [-0.2, 0) is 9.59 Å². The number of hydrogen-bond acceptors (Lipinski definition) is 4. The van der Waals surface area contributed by atoms with E-state index in [-0.39, 0.29) is 18.2 Å². The SMILES string of the molecule is O=C(C[C@@H]1C(=O)Nc2nc(-c3ccccc3)nn21)Nc1cc(Cl)ccc1Cl. The maximum atomic E-state index is 12.4. The van der Waals surface area contributed by atoms with Crippen LogP contribution in [0.1, 0.15) is 12.5 Å². The molecule has 136 valence electrons. The highest BCUT2D eigenvalue weighted by molar-refractivity contribution is 6.35. The minimum Gasteiger partial charge on any atom is -0.325 e. The molecule has 1 aliphatic rings. The molecule has 1 atom stereocenters. The summed E-state index contributed by atoms with van der Waals surface area (Å²) in [6.07, 6.45) is -0.112. The average Bonchev–Trinajstić information content (AvgIpc) is 3.18. The number of rotatable bonds is 4. The summed E-state index contributed by atoms with van der Waals surface area (Å²) in [5.41, 5.74) is 1.21. The Bertz CT molecular complexity index is 1040. The summed E-state index contributed by atoms with van der Waals surface area (Å²) in [6, 6.07) is 13.3. The van der Waals surface area contributed by atoms with Crippen molar-refractivity contribution in [2.24, 2.45) is 0 Å². The highest BCUT2D eigenvalue weighted by Crippen LogP contribution is 2.30. The maximum absolute atomic E-state index is 12.4. The molecule has 0 bridgehead atoms. The van der Waals surface area contributed by atoms with Gasteiger partial charge in [-0.1, -0.05) is 53.5 Å². The van der Waals surface area contributed by atoms with Gasteiger partial charge in [0.05, 0.1) is 17.1 Å². The molecule has 0 spiro atoms. The summed E-state index contributed by atoms with van der Waals surface area (Å²) >= 11 is 12.0. The quantitative estimate of drug-likeness (QED) is 0.695. The predicted molar refractivity (Wildman–Crippen MR) is 103 cm³/mol. The van der Waals surface area contributed by atoms with E-state index in [1.54, 1.807) is 18.2 Å². The van der Waals surface area contributed by atoms with Gasteiger partial charge in [-0.15, -0.1) is 5.10 Å². The first-order chi connectivity index (χ1) is 13.0. The molecule has 0 aliphatic carbocycles. The first-order valence-corrected chi connectivity index (χ1v) is 8.84. The smallest absolute Gasteiger partial charge is 0.252 e. The third-order valence-electron chi connectivity index (χ3n) is 4.08. The third-order valence-corrected chi connectivity index (χ3v) is 4.64. The van der Waals surface area contributed by atoms with Crippen LogP contribution < -0.4 is 10.6 Å². The zero-order valence-electron chi connectivity index (χ0n) is 13.8. The van der Waals surface area contributed by atoms with Gasteiger partial charge in [0.2, 0.25) is 11.9 Å². The minimum absolute atomic E-state index is 0.112. The standard InChI is InChI=1S/C18H13Cl2N5O2/c19-11-6-7-12(20)13(8-11)21-15(26)9-14-17(27)23-18-22-16(24-25(14)18)10-4-2-1-3-5-10/h1-8,14H,9H2,(H,21,26)(H,22,23,24,27)/t14-/m1/s1. The van der Waals surface area contributed by atoms with Crippen molar-refractivity contribution in [2.45, 2.75) is 12.5 Å². The van der Waals surface area contributed by atoms with Crippen LogP contribution in [0.5, 0.6) is 0 Å². The number of carbonyl (C=O) groups excluding carboxylic acids is 2. The molecule has 27 heavy (non-hydrogen) atoms. The van der Waals surface area contributed by atoms with Crippen molar-refractivity contribution in [1.82, 2.24) is 14.8 Å². The molecule has 1 aliphatic heterocycles. The van der Waals surface area contributed by atoms with E-state index in [0.717, 1.165) is 5.56 Å². The number of amides is 2. The zero-order chi connectivity index (χ0) is 19.0. The second-order valence-electron chi connectivity index (χ2n) is 5.95. The Morgan fingerprint density at radius 3 is 2.74 bits per heavy atom. The number of halogens is 2. The lowest BCUT2D eigenvalue weighted by Crippen LogP contribution is -2.23. The van der Waals surface area contributed by atoms with E-state index in [1.165, 1.54) is 4.68 Å². The zero-order valence-corrected chi connectivity index (χ0v) is 15.3. The molecule has 0 saturated heterocycles. The average molecular weight is 402 g/mol. The number of anilines is 2. The summed E-state index contributed by atoms with van der Waals surface area (Å²) in [4.78, 5) is 28.9. The molecule has 2 heterocycles. The number of nitrogens with one attached hydrogen (secondary N) is 2. The summed E-state index contributed by atoms with van der Waals surface area (Å²) in [5, 5.41) is 10.5. The van der Waals surface area contributed by atoms with Crippen molar-refractivity contribution in [1.29, 1.82) is 0 Å². The fourth-order valence-corrected chi connectivity index (χ4v) is 3.13. The van der Waals surface area contributed by atoms with E-state index in [4.69, 9.17) is 23.2 Å². The molecule has 2 N–H and O–H groups in total. The lowest BCUT2D eigenvalue weighted by atomic mass is 10.2. The van der Waals surface area contributed by atoms with Crippen LogP contribution in [0, 0.1) is 0 Å². The van der Waals surface area contributed by atoms with E-state index in [2.05, 4.69) is 20.7 Å². The van der Waals surface area contributed by atoms with Crippen molar-refractivity contribution in [3.8, 4) is 11.4 Å². The Kier molecular flexibility index (Phi) is 4.55. The molecular formula is C18H13Cl2N5O2. The van der Waals surface area contributed by atoms with Crippen LogP contribution >= 0.6 is 23.2 Å². The van der Waals surface area contributed by atoms with Gasteiger partial charge in [-0.2, -0.15) is 4.98 Å². The van der Waals surface area contributed by atoms with Crippen LogP contribution in [0.2, 0.25) is 10.0 Å². The topological polar surface area (TPSA) is 88.9 Å². The molecule has 0 unspecified atom stereocenters. The number of benzene rings is 2. The number of carbonyl (C=O) groups is 2. The van der Waals surface area contributed by atoms with Gasteiger partial charge < -0.3 is 5.32 Å². The largest absolute Gasteiger partial charge is 0.325 e. The third kappa shape index (κ3) is 3.51. The van der Waals surface area contributed by atoms with Crippen LogP contribution in [-0.4, -0.2) is 26.6 Å². The Morgan fingerprint density at radius 2 is 1.96 bits per heavy atom. The van der Waals surface area contributed by atoms with E-state index >= 15 is 0 Å². The van der Waals surface area contributed by atoms with Crippen molar-refractivity contribution in [3.63, 3.8) is 0 Å². The van der Waals surface area contributed by atoms with Crippen LogP contribution in [0.3, 0.4) is 0 Å². The van der Waals surface area contributed by atoms with Gasteiger partial charge >= 0.3 is 0 Å². The monoisotopic (exact) mass is 401 g/mol. The molecule has 4 rings (SSSR count). The highest BCUT2D eigenvalue weighted by atomic mass is 35.5. The summed E-state index contributed by atoms with van der Waals surface area (Å²) in [5.74, 6) is 0.0761. The maximum Gasteiger partial charge on any atom is 0.252 e. The van der Waals surface area contributed by atoms with E-state index in [9.17, 15) is 9.59 Å². The number of fused-ring (bicyclic) bond motifs is 1. The van der Waals surface area contributed by atoms with Crippen LogP contribution in [0.4, 0.5) is 11.6 Å². The van der Waals surface area contributed by atoms with Gasteiger partial charge in [0.15, 0.2) is 5.82 Å². The number of aromatic nitrogens is 3. The molecule has 0 radical (unpaired) electrons. The van der Waals surface area contributed by atoms with Crippen molar-refractivity contribution < 1.29 is 9.59 Å². The van der Waals surface area contributed by atoms with Crippen molar-refractivity contribution in [2.75, 3.05) is 10.6 Å². The molecule has 2 amide bonds. The minimum atomic E-state index is -0.789. The van der Waals surface area contributed by atoms with Gasteiger partial charge in [0.25, 0.3) is 5.91 Å². The number of nitrogens with zero attached hydrogens (tertiary/aromatic N) is 3. The molecule has 0 saturated carbocycles. The first-order valence-electron chi connectivity index (χ1n) is 8.09. The summed E-state index contributed by atoms with van der Waals surface area (Å²) in [7, 11) is 0. The Labute approximate surface area is 164 Å². The molecule has 0 fully saturated rings. The Hall–Kier alpha value is -2.90. The molecule has 3 aromatic rings. The molecule has 2 aromatic carbocycles. The van der Waals surface area contributed by atoms with E-state index in [1.807, 2.05) is 30.3 Å². The van der Waals surface area contributed by atoms with Gasteiger partial charge in [0.1, 0.15) is 6.04 Å². The normalized spacial score (nSPS) is 15.3. The van der Waals surface area contributed by atoms with Gasteiger partial charge in [-0.3, -0.25) is 14.9 Å².